The molecule has 0 saturated carbocycles. The lowest BCUT2D eigenvalue weighted by Crippen LogP contribution is -2.07. The highest BCUT2D eigenvalue weighted by atomic mass is 16.5. The Morgan fingerprint density at radius 2 is 2.12 bits per heavy atom. The first-order chi connectivity index (χ1) is 7.65. The molecule has 3 heteroatoms. The maximum Gasteiger partial charge on any atom is 0.338 e. The van der Waals surface area contributed by atoms with Gasteiger partial charge in [-0.15, -0.1) is 0 Å². The molecule has 0 aromatic heterocycles. The van der Waals surface area contributed by atoms with Crippen molar-refractivity contribution in [2.24, 2.45) is 0 Å². The van der Waals surface area contributed by atoms with Crippen LogP contribution < -0.4 is 5.73 Å². The van der Waals surface area contributed by atoms with E-state index in [1.165, 1.54) is 0 Å². The van der Waals surface area contributed by atoms with Crippen molar-refractivity contribution in [3.05, 3.63) is 29.3 Å². The van der Waals surface area contributed by atoms with Crippen molar-refractivity contribution in [1.29, 1.82) is 0 Å². The topological polar surface area (TPSA) is 52.3 Å². The van der Waals surface area contributed by atoms with Gasteiger partial charge in [0.1, 0.15) is 0 Å². The van der Waals surface area contributed by atoms with Gasteiger partial charge in [0.25, 0.3) is 0 Å². The van der Waals surface area contributed by atoms with E-state index in [2.05, 4.69) is 6.92 Å². The Bertz CT molecular complexity index is 361. The quantitative estimate of drug-likeness (QED) is 0.472. The van der Waals surface area contributed by atoms with Gasteiger partial charge in [0.05, 0.1) is 12.2 Å². The van der Waals surface area contributed by atoms with Gasteiger partial charge in [-0.1, -0.05) is 25.8 Å². The lowest BCUT2D eigenvalue weighted by molar-refractivity contribution is 0.0498. The number of nitrogen functional groups attached to an aromatic ring is 1. The van der Waals surface area contributed by atoms with Gasteiger partial charge in [0, 0.05) is 5.69 Å². The SMILES string of the molecule is CCCCCOC(=O)c1ccc(C)c(N)c1. The molecule has 1 aromatic rings. The smallest absolute Gasteiger partial charge is 0.338 e. The molecule has 0 radical (unpaired) electrons. The van der Waals surface area contributed by atoms with Crippen molar-refractivity contribution in [2.75, 3.05) is 12.3 Å². The van der Waals surface area contributed by atoms with E-state index in [9.17, 15) is 4.79 Å². The minimum atomic E-state index is -0.289. The third-order valence-electron chi connectivity index (χ3n) is 2.50. The van der Waals surface area contributed by atoms with Gasteiger partial charge in [-0.2, -0.15) is 0 Å². The summed E-state index contributed by atoms with van der Waals surface area (Å²) in [5.74, 6) is -0.289. The Morgan fingerprint density at radius 3 is 2.75 bits per heavy atom. The molecule has 3 nitrogen and oxygen atoms in total. The molecule has 0 atom stereocenters. The van der Waals surface area contributed by atoms with E-state index in [-0.39, 0.29) is 5.97 Å². The molecular weight excluding hydrogens is 202 g/mol. The zero-order valence-electron chi connectivity index (χ0n) is 9.95. The van der Waals surface area contributed by atoms with Gasteiger partial charge in [-0.3, -0.25) is 0 Å². The number of ether oxygens (including phenoxy) is 1. The number of anilines is 1. The summed E-state index contributed by atoms with van der Waals surface area (Å²) in [6, 6.07) is 5.24. The minimum absolute atomic E-state index is 0.289. The third kappa shape index (κ3) is 3.57. The Morgan fingerprint density at radius 1 is 1.38 bits per heavy atom. The van der Waals surface area contributed by atoms with E-state index in [4.69, 9.17) is 10.5 Å². The van der Waals surface area contributed by atoms with Crippen LogP contribution in [0.5, 0.6) is 0 Å². The molecule has 0 aliphatic heterocycles. The van der Waals surface area contributed by atoms with E-state index in [0.717, 1.165) is 24.8 Å². The molecule has 88 valence electrons. The monoisotopic (exact) mass is 221 g/mol. The van der Waals surface area contributed by atoms with Crippen molar-refractivity contribution in [2.45, 2.75) is 33.1 Å². The second kappa shape index (κ2) is 6.16. The summed E-state index contributed by atoms with van der Waals surface area (Å²) in [6.07, 6.45) is 3.13. The summed E-state index contributed by atoms with van der Waals surface area (Å²) in [5, 5.41) is 0. The van der Waals surface area contributed by atoms with Gasteiger partial charge >= 0.3 is 5.97 Å². The van der Waals surface area contributed by atoms with Crippen LogP contribution in [0.4, 0.5) is 5.69 Å². The largest absolute Gasteiger partial charge is 0.462 e. The summed E-state index contributed by atoms with van der Waals surface area (Å²) in [5.41, 5.74) is 7.86. The van der Waals surface area contributed by atoms with Crippen LogP contribution in [-0.4, -0.2) is 12.6 Å². The number of benzene rings is 1. The van der Waals surface area contributed by atoms with E-state index in [0.29, 0.717) is 17.9 Å². The predicted molar refractivity (Wildman–Crippen MR) is 65.4 cm³/mol. The van der Waals surface area contributed by atoms with Crippen LogP contribution in [0.25, 0.3) is 0 Å². The number of hydrogen-bond acceptors (Lipinski definition) is 3. The van der Waals surface area contributed by atoms with Gasteiger partial charge < -0.3 is 10.5 Å². The molecule has 0 spiro atoms. The summed E-state index contributed by atoms with van der Waals surface area (Å²) >= 11 is 0. The van der Waals surface area contributed by atoms with Crippen LogP contribution in [-0.2, 0) is 4.74 Å². The van der Waals surface area contributed by atoms with Gasteiger partial charge in [-0.05, 0) is 31.0 Å². The van der Waals surface area contributed by atoms with E-state index in [1.54, 1.807) is 12.1 Å². The molecule has 0 fully saturated rings. The zero-order valence-corrected chi connectivity index (χ0v) is 9.95. The molecule has 0 heterocycles. The average molecular weight is 221 g/mol. The number of esters is 1. The molecule has 0 unspecified atom stereocenters. The third-order valence-corrected chi connectivity index (χ3v) is 2.50. The van der Waals surface area contributed by atoms with Crippen LogP contribution in [0.1, 0.15) is 42.1 Å². The summed E-state index contributed by atoms with van der Waals surface area (Å²) in [6.45, 7) is 4.51. The molecule has 0 amide bonds. The normalized spacial score (nSPS) is 10.1. The summed E-state index contributed by atoms with van der Waals surface area (Å²) < 4.78 is 5.13. The summed E-state index contributed by atoms with van der Waals surface area (Å²) in [7, 11) is 0. The Kier molecular flexibility index (Phi) is 4.83. The van der Waals surface area contributed by atoms with Gasteiger partial charge in [0.2, 0.25) is 0 Å². The second-order valence-corrected chi connectivity index (χ2v) is 3.91. The Labute approximate surface area is 96.6 Å². The lowest BCUT2D eigenvalue weighted by Gasteiger charge is -2.06. The van der Waals surface area contributed by atoms with Crippen LogP contribution >= 0.6 is 0 Å². The fourth-order valence-corrected chi connectivity index (χ4v) is 1.37. The van der Waals surface area contributed by atoms with Gasteiger partial charge in [0.15, 0.2) is 0 Å². The van der Waals surface area contributed by atoms with Crippen molar-refractivity contribution in [3.8, 4) is 0 Å². The number of aryl methyl sites for hydroxylation is 1. The van der Waals surface area contributed by atoms with Crippen molar-refractivity contribution in [1.82, 2.24) is 0 Å². The van der Waals surface area contributed by atoms with E-state index < -0.39 is 0 Å². The highest BCUT2D eigenvalue weighted by Crippen LogP contribution is 2.13. The molecular formula is C13H19NO2. The molecule has 0 saturated heterocycles. The highest BCUT2D eigenvalue weighted by molar-refractivity contribution is 5.90. The standard InChI is InChI=1S/C13H19NO2/c1-3-4-5-8-16-13(15)11-7-6-10(2)12(14)9-11/h6-7,9H,3-5,8,14H2,1-2H3. The average Bonchev–Trinajstić information content (AvgIpc) is 2.28. The number of carbonyl (C=O) groups excluding carboxylic acids is 1. The van der Waals surface area contributed by atoms with E-state index in [1.807, 2.05) is 13.0 Å². The molecule has 16 heavy (non-hydrogen) atoms. The van der Waals surface area contributed by atoms with Crippen molar-refractivity contribution >= 4 is 11.7 Å². The number of rotatable bonds is 5. The Hall–Kier alpha value is -1.51. The molecule has 2 N–H and O–H groups in total. The fraction of sp³-hybridized carbons (Fsp3) is 0.462. The molecule has 0 aliphatic rings. The van der Waals surface area contributed by atoms with Crippen LogP contribution in [0.2, 0.25) is 0 Å². The van der Waals surface area contributed by atoms with E-state index >= 15 is 0 Å². The predicted octanol–water partition coefficient (Wildman–Crippen LogP) is 2.92. The second-order valence-electron chi connectivity index (χ2n) is 3.91. The first kappa shape index (κ1) is 12.6. The molecule has 0 bridgehead atoms. The number of hydrogen-bond donors (Lipinski definition) is 1. The lowest BCUT2D eigenvalue weighted by atomic mass is 10.1. The van der Waals surface area contributed by atoms with Crippen molar-refractivity contribution < 1.29 is 9.53 Å². The maximum absolute atomic E-state index is 11.6. The first-order valence-corrected chi connectivity index (χ1v) is 5.68. The number of unbranched alkanes of at least 4 members (excludes halogenated alkanes) is 2. The molecule has 0 aliphatic carbocycles. The number of carbonyl (C=O) groups is 1. The van der Waals surface area contributed by atoms with Gasteiger partial charge in [-0.25, -0.2) is 4.79 Å². The van der Waals surface area contributed by atoms with Crippen LogP contribution in [0.15, 0.2) is 18.2 Å². The van der Waals surface area contributed by atoms with Crippen LogP contribution in [0, 0.1) is 6.92 Å². The minimum Gasteiger partial charge on any atom is -0.462 e. The van der Waals surface area contributed by atoms with Crippen LogP contribution in [0.3, 0.4) is 0 Å². The molecule has 1 rings (SSSR count). The zero-order chi connectivity index (χ0) is 12.0. The maximum atomic E-state index is 11.6. The molecule has 1 aromatic carbocycles. The Balaban J connectivity index is 2.50. The number of nitrogens with two attached hydrogens (primary N) is 1. The highest BCUT2D eigenvalue weighted by Gasteiger charge is 2.07. The van der Waals surface area contributed by atoms with Crippen molar-refractivity contribution in [3.63, 3.8) is 0 Å². The first-order valence-electron chi connectivity index (χ1n) is 5.68. The summed E-state index contributed by atoms with van der Waals surface area (Å²) in [4.78, 5) is 11.6. The fourth-order valence-electron chi connectivity index (χ4n) is 1.37.